The van der Waals surface area contributed by atoms with Crippen molar-refractivity contribution in [1.82, 2.24) is 5.32 Å². The Morgan fingerprint density at radius 2 is 1.94 bits per heavy atom. The standard InChI is InChI=1S/C12H17N3O3/c1-12(2,7-11(13)16)14-8-9-3-5-10(6-4-9)15(17)18/h3-6,14H,7-8H2,1-2H3,(H2,13,16). The lowest BCUT2D eigenvalue weighted by Crippen LogP contribution is -2.42. The first-order valence-electron chi connectivity index (χ1n) is 5.57. The smallest absolute Gasteiger partial charge is 0.269 e. The van der Waals surface area contributed by atoms with Crippen LogP contribution in [0.4, 0.5) is 5.69 Å². The van der Waals surface area contributed by atoms with Gasteiger partial charge in [-0.05, 0) is 19.4 Å². The summed E-state index contributed by atoms with van der Waals surface area (Å²) in [6.45, 7) is 4.28. The van der Waals surface area contributed by atoms with Gasteiger partial charge < -0.3 is 11.1 Å². The van der Waals surface area contributed by atoms with Crippen LogP contribution in [0.15, 0.2) is 24.3 Å². The zero-order valence-corrected chi connectivity index (χ0v) is 10.5. The molecule has 0 spiro atoms. The van der Waals surface area contributed by atoms with Crippen molar-refractivity contribution in [1.29, 1.82) is 0 Å². The molecule has 0 aliphatic carbocycles. The van der Waals surface area contributed by atoms with Crippen LogP contribution in [-0.2, 0) is 11.3 Å². The summed E-state index contributed by atoms with van der Waals surface area (Å²) in [5.41, 5.74) is 5.73. The minimum Gasteiger partial charge on any atom is -0.370 e. The molecule has 0 aromatic heterocycles. The van der Waals surface area contributed by atoms with Gasteiger partial charge in [-0.25, -0.2) is 0 Å². The molecule has 0 radical (unpaired) electrons. The average Bonchev–Trinajstić information content (AvgIpc) is 2.25. The fraction of sp³-hybridized carbons (Fsp3) is 0.417. The molecule has 1 rings (SSSR count). The lowest BCUT2D eigenvalue weighted by molar-refractivity contribution is -0.384. The van der Waals surface area contributed by atoms with Gasteiger partial charge in [0.1, 0.15) is 0 Å². The number of nitrogens with one attached hydrogen (secondary N) is 1. The number of non-ortho nitro benzene ring substituents is 1. The van der Waals surface area contributed by atoms with Gasteiger partial charge in [0, 0.05) is 30.6 Å². The Bertz CT molecular complexity index is 440. The van der Waals surface area contributed by atoms with Gasteiger partial charge in [0.25, 0.3) is 5.69 Å². The van der Waals surface area contributed by atoms with E-state index in [1.165, 1.54) is 12.1 Å². The number of hydrogen-bond acceptors (Lipinski definition) is 4. The Balaban J connectivity index is 2.58. The first kappa shape index (κ1) is 14.1. The van der Waals surface area contributed by atoms with Crippen LogP contribution < -0.4 is 11.1 Å². The minimum absolute atomic E-state index is 0.0650. The lowest BCUT2D eigenvalue weighted by atomic mass is 10.00. The topological polar surface area (TPSA) is 98.3 Å². The van der Waals surface area contributed by atoms with Crippen LogP contribution >= 0.6 is 0 Å². The number of benzene rings is 1. The second-order valence-corrected chi connectivity index (χ2v) is 4.80. The normalized spacial score (nSPS) is 11.2. The highest BCUT2D eigenvalue weighted by atomic mass is 16.6. The van der Waals surface area contributed by atoms with Gasteiger partial charge in [-0.3, -0.25) is 14.9 Å². The van der Waals surface area contributed by atoms with E-state index in [0.29, 0.717) is 6.54 Å². The van der Waals surface area contributed by atoms with Gasteiger partial charge in [-0.1, -0.05) is 12.1 Å². The first-order valence-corrected chi connectivity index (χ1v) is 5.57. The molecule has 1 aromatic rings. The molecule has 6 nitrogen and oxygen atoms in total. The third-order valence-electron chi connectivity index (χ3n) is 2.53. The fourth-order valence-electron chi connectivity index (χ4n) is 1.57. The van der Waals surface area contributed by atoms with Crippen molar-refractivity contribution in [3.8, 4) is 0 Å². The maximum Gasteiger partial charge on any atom is 0.269 e. The Kier molecular flexibility index (Phi) is 4.38. The average molecular weight is 251 g/mol. The largest absolute Gasteiger partial charge is 0.370 e. The second kappa shape index (κ2) is 5.59. The molecule has 1 amide bonds. The molecule has 1 aromatic carbocycles. The summed E-state index contributed by atoms with van der Waals surface area (Å²) in [6, 6.07) is 6.28. The summed E-state index contributed by atoms with van der Waals surface area (Å²) in [7, 11) is 0. The Labute approximate surface area is 105 Å². The second-order valence-electron chi connectivity index (χ2n) is 4.80. The molecule has 0 heterocycles. The van der Waals surface area contributed by atoms with Gasteiger partial charge in [0.15, 0.2) is 0 Å². The van der Waals surface area contributed by atoms with Crippen LogP contribution in [-0.4, -0.2) is 16.4 Å². The molecule has 3 N–H and O–H groups in total. The monoisotopic (exact) mass is 251 g/mol. The fourth-order valence-corrected chi connectivity index (χ4v) is 1.57. The predicted octanol–water partition coefficient (Wildman–Crippen LogP) is 1.34. The summed E-state index contributed by atoms with van der Waals surface area (Å²) in [6.07, 6.45) is 0.236. The highest BCUT2D eigenvalue weighted by molar-refractivity contribution is 5.74. The number of amides is 1. The summed E-state index contributed by atoms with van der Waals surface area (Å²) in [5.74, 6) is -0.365. The van der Waals surface area contributed by atoms with E-state index in [4.69, 9.17) is 5.73 Å². The minimum atomic E-state index is -0.436. The summed E-state index contributed by atoms with van der Waals surface area (Å²) >= 11 is 0. The van der Waals surface area contributed by atoms with E-state index < -0.39 is 10.5 Å². The third kappa shape index (κ3) is 4.50. The number of rotatable bonds is 6. The molecular weight excluding hydrogens is 234 g/mol. The van der Waals surface area contributed by atoms with Crippen LogP contribution in [0.3, 0.4) is 0 Å². The van der Waals surface area contributed by atoms with Crippen molar-refractivity contribution in [2.75, 3.05) is 0 Å². The van der Waals surface area contributed by atoms with Gasteiger partial charge in [0.2, 0.25) is 5.91 Å². The van der Waals surface area contributed by atoms with Gasteiger partial charge in [0.05, 0.1) is 4.92 Å². The van der Waals surface area contributed by atoms with Crippen molar-refractivity contribution in [2.45, 2.75) is 32.4 Å². The van der Waals surface area contributed by atoms with Gasteiger partial charge >= 0.3 is 0 Å². The SMILES string of the molecule is CC(C)(CC(N)=O)NCc1ccc([N+](=O)[O-])cc1. The Morgan fingerprint density at radius 3 is 2.39 bits per heavy atom. The molecule has 6 heteroatoms. The van der Waals surface area contributed by atoms with E-state index in [9.17, 15) is 14.9 Å². The Morgan fingerprint density at radius 1 is 1.39 bits per heavy atom. The molecule has 0 bridgehead atoms. The molecule has 0 unspecified atom stereocenters. The molecule has 0 saturated carbocycles. The summed E-state index contributed by atoms with van der Waals surface area (Å²) in [4.78, 5) is 20.9. The number of carbonyl (C=O) groups is 1. The number of nitro groups is 1. The van der Waals surface area contributed by atoms with E-state index in [2.05, 4.69) is 5.32 Å². The molecule has 98 valence electrons. The van der Waals surface area contributed by atoms with E-state index in [0.717, 1.165) is 5.56 Å². The van der Waals surface area contributed by atoms with Gasteiger partial charge in [-0.15, -0.1) is 0 Å². The van der Waals surface area contributed by atoms with Crippen molar-refractivity contribution in [3.63, 3.8) is 0 Å². The highest BCUT2D eigenvalue weighted by Gasteiger charge is 2.19. The van der Waals surface area contributed by atoms with Crippen molar-refractivity contribution >= 4 is 11.6 Å². The maximum absolute atomic E-state index is 10.9. The van der Waals surface area contributed by atoms with Crippen LogP contribution in [0.2, 0.25) is 0 Å². The number of hydrogen-bond donors (Lipinski definition) is 2. The summed E-state index contributed by atoms with van der Waals surface area (Å²) in [5, 5.41) is 13.7. The van der Waals surface area contributed by atoms with Crippen molar-refractivity contribution < 1.29 is 9.72 Å². The number of nitrogens with zero attached hydrogens (tertiary/aromatic N) is 1. The molecule has 0 aliphatic rings. The molecule has 0 saturated heterocycles. The van der Waals surface area contributed by atoms with E-state index in [-0.39, 0.29) is 18.0 Å². The first-order chi connectivity index (χ1) is 8.30. The number of nitrogens with two attached hydrogens (primary N) is 1. The van der Waals surface area contributed by atoms with E-state index in [1.807, 2.05) is 13.8 Å². The molecule has 0 aliphatic heterocycles. The number of nitro benzene ring substituents is 1. The predicted molar refractivity (Wildman–Crippen MR) is 67.8 cm³/mol. The number of primary amides is 1. The van der Waals surface area contributed by atoms with Crippen LogP contribution in [0, 0.1) is 10.1 Å². The molecule has 0 atom stereocenters. The van der Waals surface area contributed by atoms with Crippen LogP contribution in [0.5, 0.6) is 0 Å². The summed E-state index contributed by atoms with van der Waals surface area (Å²) < 4.78 is 0. The van der Waals surface area contributed by atoms with Crippen molar-refractivity contribution in [2.24, 2.45) is 5.73 Å². The quantitative estimate of drug-likeness (QED) is 0.588. The highest BCUT2D eigenvalue weighted by Crippen LogP contribution is 2.13. The maximum atomic E-state index is 10.9. The van der Waals surface area contributed by atoms with Crippen molar-refractivity contribution in [3.05, 3.63) is 39.9 Å². The number of carbonyl (C=O) groups excluding carboxylic acids is 1. The van der Waals surface area contributed by atoms with Crippen LogP contribution in [0.1, 0.15) is 25.8 Å². The zero-order valence-electron chi connectivity index (χ0n) is 10.5. The lowest BCUT2D eigenvalue weighted by Gasteiger charge is -2.24. The van der Waals surface area contributed by atoms with E-state index >= 15 is 0 Å². The molecule has 0 fully saturated rings. The van der Waals surface area contributed by atoms with E-state index in [1.54, 1.807) is 12.1 Å². The zero-order chi connectivity index (χ0) is 13.8. The molecular formula is C12H17N3O3. The van der Waals surface area contributed by atoms with Crippen LogP contribution in [0.25, 0.3) is 0 Å². The Hall–Kier alpha value is -1.95. The third-order valence-corrected chi connectivity index (χ3v) is 2.53. The molecule has 18 heavy (non-hydrogen) atoms. The van der Waals surface area contributed by atoms with Gasteiger partial charge in [-0.2, -0.15) is 0 Å².